The molecule has 0 unspecified atom stereocenters. The number of benzene rings is 1. The third kappa shape index (κ3) is 3.66. The van der Waals surface area contributed by atoms with Crippen molar-refractivity contribution in [3.05, 3.63) is 40.0 Å². The van der Waals surface area contributed by atoms with Gasteiger partial charge in [0.1, 0.15) is 6.07 Å². The molecular formula is C11H8Cl2N2O2. The maximum atomic E-state index is 11.1. The predicted molar refractivity (Wildman–Crippen MR) is 65.8 cm³/mol. The largest absolute Gasteiger partial charge is 0.465 e. The topological polar surface area (TPSA) is 62.1 Å². The lowest BCUT2D eigenvalue weighted by atomic mass is 10.3. The molecular weight excluding hydrogens is 263 g/mol. The van der Waals surface area contributed by atoms with E-state index in [1.807, 2.05) is 0 Å². The molecule has 0 bridgehead atoms. The lowest BCUT2D eigenvalue weighted by Gasteiger charge is -2.04. The van der Waals surface area contributed by atoms with E-state index in [4.69, 9.17) is 28.5 Å². The predicted octanol–water partition coefficient (Wildman–Crippen LogP) is 2.99. The van der Waals surface area contributed by atoms with Gasteiger partial charge in [-0.25, -0.2) is 4.79 Å². The number of ether oxygens (including phenoxy) is 1. The summed E-state index contributed by atoms with van der Waals surface area (Å²) < 4.78 is 4.42. The van der Waals surface area contributed by atoms with Crippen LogP contribution in [0.3, 0.4) is 0 Å². The molecule has 1 aromatic carbocycles. The van der Waals surface area contributed by atoms with Crippen LogP contribution < -0.4 is 5.32 Å². The van der Waals surface area contributed by atoms with Crippen LogP contribution in [-0.4, -0.2) is 13.1 Å². The summed E-state index contributed by atoms with van der Waals surface area (Å²) in [7, 11) is 1.20. The third-order valence-electron chi connectivity index (χ3n) is 1.83. The Morgan fingerprint density at radius 1 is 1.53 bits per heavy atom. The summed E-state index contributed by atoms with van der Waals surface area (Å²) in [6, 6.07) is 6.52. The lowest BCUT2D eigenvalue weighted by Crippen LogP contribution is -2.05. The number of carbonyl (C=O) groups is 1. The van der Waals surface area contributed by atoms with Crippen molar-refractivity contribution in [3.63, 3.8) is 0 Å². The van der Waals surface area contributed by atoms with E-state index in [9.17, 15) is 4.79 Å². The highest BCUT2D eigenvalue weighted by Crippen LogP contribution is 2.25. The van der Waals surface area contributed by atoms with Crippen molar-refractivity contribution >= 4 is 34.9 Å². The van der Waals surface area contributed by atoms with Gasteiger partial charge < -0.3 is 10.1 Å². The molecule has 1 N–H and O–H groups in total. The first-order valence-electron chi connectivity index (χ1n) is 4.48. The number of nitrogens with one attached hydrogen (secondary N) is 1. The van der Waals surface area contributed by atoms with Crippen molar-refractivity contribution in [3.8, 4) is 6.07 Å². The highest BCUT2D eigenvalue weighted by molar-refractivity contribution is 6.36. The fraction of sp³-hybridized carbons (Fsp3) is 0.0909. The van der Waals surface area contributed by atoms with Crippen LogP contribution in [0.4, 0.5) is 5.69 Å². The SMILES string of the molecule is COC(=O)/C(C#N)=C\Nc1ccc(Cl)cc1Cl. The highest BCUT2D eigenvalue weighted by atomic mass is 35.5. The minimum absolute atomic E-state index is 0.154. The molecule has 0 aliphatic carbocycles. The van der Waals surface area contributed by atoms with Gasteiger partial charge in [-0.15, -0.1) is 0 Å². The number of anilines is 1. The van der Waals surface area contributed by atoms with E-state index < -0.39 is 5.97 Å². The summed E-state index contributed by atoms with van der Waals surface area (Å²) in [5.74, 6) is -0.718. The molecule has 1 rings (SSSR count). The van der Waals surface area contributed by atoms with Gasteiger partial charge in [-0.1, -0.05) is 23.2 Å². The van der Waals surface area contributed by atoms with Crippen LogP contribution in [0.25, 0.3) is 0 Å². The van der Waals surface area contributed by atoms with Crippen molar-refractivity contribution in [1.29, 1.82) is 5.26 Å². The summed E-state index contributed by atoms with van der Waals surface area (Å²) in [5, 5.41) is 12.3. The standard InChI is InChI=1S/C11H8Cl2N2O2/c1-17-11(16)7(5-14)6-15-10-3-2-8(12)4-9(10)13/h2-4,6,15H,1H3/b7-6-. The molecule has 0 heterocycles. The molecule has 0 saturated heterocycles. The van der Waals surface area contributed by atoms with Gasteiger partial charge in [-0.05, 0) is 18.2 Å². The third-order valence-corrected chi connectivity index (χ3v) is 2.38. The van der Waals surface area contributed by atoms with Gasteiger partial charge in [-0.2, -0.15) is 5.26 Å². The monoisotopic (exact) mass is 270 g/mol. The number of esters is 1. The average Bonchev–Trinajstić information content (AvgIpc) is 2.31. The Labute approximate surface area is 108 Å². The van der Waals surface area contributed by atoms with E-state index in [0.29, 0.717) is 15.7 Å². The molecule has 6 heteroatoms. The molecule has 4 nitrogen and oxygen atoms in total. The van der Waals surface area contributed by atoms with E-state index >= 15 is 0 Å². The molecule has 88 valence electrons. The van der Waals surface area contributed by atoms with E-state index in [1.165, 1.54) is 13.3 Å². The van der Waals surface area contributed by atoms with Crippen LogP contribution in [0.2, 0.25) is 10.0 Å². The number of carbonyl (C=O) groups excluding carboxylic acids is 1. The number of hydrogen-bond acceptors (Lipinski definition) is 4. The molecule has 1 aromatic rings. The van der Waals surface area contributed by atoms with E-state index in [2.05, 4.69) is 10.1 Å². The van der Waals surface area contributed by atoms with E-state index in [1.54, 1.807) is 24.3 Å². The number of nitrogens with zero attached hydrogens (tertiary/aromatic N) is 1. The van der Waals surface area contributed by atoms with Crippen LogP contribution in [0, 0.1) is 11.3 Å². The van der Waals surface area contributed by atoms with Crippen molar-refractivity contribution in [2.24, 2.45) is 0 Å². The van der Waals surface area contributed by atoms with Gasteiger partial charge in [0.25, 0.3) is 0 Å². The number of hydrogen-bond donors (Lipinski definition) is 1. The zero-order chi connectivity index (χ0) is 12.8. The van der Waals surface area contributed by atoms with Crippen molar-refractivity contribution in [2.75, 3.05) is 12.4 Å². The van der Waals surface area contributed by atoms with Gasteiger partial charge in [0, 0.05) is 11.2 Å². The first kappa shape index (κ1) is 13.4. The summed E-state index contributed by atoms with van der Waals surface area (Å²) in [5.41, 5.74) is 0.381. The van der Waals surface area contributed by atoms with Gasteiger partial charge in [0.05, 0.1) is 17.8 Å². The summed E-state index contributed by atoms with van der Waals surface area (Å²) in [6.45, 7) is 0. The van der Waals surface area contributed by atoms with Crippen molar-refractivity contribution in [1.82, 2.24) is 0 Å². The summed E-state index contributed by atoms with van der Waals surface area (Å²) >= 11 is 11.6. The molecule has 0 saturated carbocycles. The van der Waals surface area contributed by atoms with Gasteiger partial charge in [0.2, 0.25) is 0 Å². The Balaban J connectivity index is 2.88. The number of rotatable bonds is 3. The Hall–Kier alpha value is -1.70. The fourth-order valence-electron chi connectivity index (χ4n) is 1.00. The quantitative estimate of drug-likeness (QED) is 0.521. The number of halogens is 2. The molecule has 0 atom stereocenters. The van der Waals surface area contributed by atoms with Gasteiger partial charge >= 0.3 is 5.97 Å². The average molecular weight is 271 g/mol. The molecule has 0 aliphatic rings. The molecule has 0 amide bonds. The van der Waals surface area contributed by atoms with E-state index in [0.717, 1.165) is 0 Å². The maximum absolute atomic E-state index is 11.1. The van der Waals surface area contributed by atoms with E-state index in [-0.39, 0.29) is 5.57 Å². The Bertz CT molecular complexity index is 507. The minimum atomic E-state index is -0.718. The molecule has 17 heavy (non-hydrogen) atoms. The zero-order valence-corrected chi connectivity index (χ0v) is 10.3. The molecule has 0 fully saturated rings. The molecule has 0 aliphatic heterocycles. The van der Waals surface area contributed by atoms with Gasteiger partial charge in [0.15, 0.2) is 5.57 Å². The first-order chi connectivity index (χ1) is 8.08. The maximum Gasteiger partial charge on any atom is 0.350 e. The van der Waals surface area contributed by atoms with Crippen LogP contribution in [-0.2, 0) is 9.53 Å². The minimum Gasteiger partial charge on any atom is -0.465 e. The number of methoxy groups -OCH3 is 1. The van der Waals surface area contributed by atoms with Crippen LogP contribution >= 0.6 is 23.2 Å². The molecule has 0 spiro atoms. The fourth-order valence-corrected chi connectivity index (χ4v) is 1.47. The second kappa shape index (κ2) is 6.14. The lowest BCUT2D eigenvalue weighted by molar-refractivity contribution is -0.135. The van der Waals surface area contributed by atoms with Crippen molar-refractivity contribution in [2.45, 2.75) is 0 Å². The second-order valence-corrected chi connectivity index (χ2v) is 3.77. The van der Waals surface area contributed by atoms with Crippen LogP contribution in [0.15, 0.2) is 30.0 Å². The second-order valence-electron chi connectivity index (χ2n) is 2.93. The Morgan fingerprint density at radius 2 is 2.24 bits per heavy atom. The highest BCUT2D eigenvalue weighted by Gasteiger charge is 2.08. The normalized spacial score (nSPS) is 10.6. The van der Waals surface area contributed by atoms with Crippen LogP contribution in [0.1, 0.15) is 0 Å². The smallest absolute Gasteiger partial charge is 0.350 e. The number of nitriles is 1. The summed E-state index contributed by atoms with van der Waals surface area (Å²) in [4.78, 5) is 11.1. The summed E-state index contributed by atoms with van der Waals surface area (Å²) in [6.07, 6.45) is 1.22. The Morgan fingerprint density at radius 3 is 2.76 bits per heavy atom. The molecule has 0 aromatic heterocycles. The van der Waals surface area contributed by atoms with Gasteiger partial charge in [-0.3, -0.25) is 0 Å². The van der Waals surface area contributed by atoms with Crippen LogP contribution in [0.5, 0.6) is 0 Å². The zero-order valence-electron chi connectivity index (χ0n) is 8.83. The molecule has 0 radical (unpaired) electrons. The first-order valence-corrected chi connectivity index (χ1v) is 5.24. The Kier molecular flexibility index (Phi) is 4.83. The van der Waals surface area contributed by atoms with Crippen molar-refractivity contribution < 1.29 is 9.53 Å².